The number of para-hydroxylation sites is 2. The Hall–Kier alpha value is -5.43. The molecule has 58 heavy (non-hydrogen) atoms. The van der Waals surface area contributed by atoms with E-state index in [9.17, 15) is 0 Å². The number of hydrogen-bond acceptors (Lipinski definition) is 6. The smallest absolute Gasteiger partial charge is 0.253 e. The Balaban J connectivity index is 1.10. The lowest BCUT2D eigenvalue weighted by molar-refractivity contribution is 0.449. The molecule has 7 aromatic rings. The molecule has 0 amide bonds. The van der Waals surface area contributed by atoms with E-state index in [0.29, 0.717) is 0 Å². The molecule has 0 spiro atoms. The van der Waals surface area contributed by atoms with Gasteiger partial charge in [0.1, 0.15) is 46.0 Å². The zero-order valence-corrected chi connectivity index (χ0v) is 34.9. The number of hydrogen-bond donors (Lipinski definition) is 0. The molecule has 8 heteroatoms. The molecule has 7 aromatic carbocycles. The second kappa shape index (κ2) is 13.0. The summed E-state index contributed by atoms with van der Waals surface area (Å²) in [5.74, 6) is 6.28. The van der Waals surface area contributed by atoms with Crippen LogP contribution in [-0.4, -0.2) is 13.4 Å². The van der Waals surface area contributed by atoms with Gasteiger partial charge < -0.3 is 18.9 Å². The third kappa shape index (κ3) is 5.95. The average molecular weight is 791 g/mol. The van der Waals surface area contributed by atoms with Crippen molar-refractivity contribution in [2.24, 2.45) is 0 Å². The standard InChI is InChI=1S/C50H40B2O4S2/c1-49(2,3)29-17-19-35-43(21-29)57-45-25-33(53-31-13-9-7-10-14-31)23-41-47(45)51(35)37-27-38-40(28-39(37)55-41)56-42-24-34(54-32-15-11-8-12-16-32)26-46-48(42)52(38)36-20-18-30(50(4,5)6)22-44(36)58-46/h7-28H,1-6H3. The van der Waals surface area contributed by atoms with Gasteiger partial charge in [0.2, 0.25) is 0 Å². The predicted molar refractivity (Wildman–Crippen MR) is 240 cm³/mol. The minimum absolute atomic E-state index is 0.0135. The minimum atomic E-state index is -0.0293. The van der Waals surface area contributed by atoms with Crippen molar-refractivity contribution in [3.05, 3.63) is 145 Å². The van der Waals surface area contributed by atoms with E-state index in [1.54, 1.807) is 0 Å². The van der Waals surface area contributed by atoms with E-state index in [1.807, 2.05) is 96.3 Å². The van der Waals surface area contributed by atoms with Crippen molar-refractivity contribution >= 4 is 69.7 Å². The molecule has 4 aliphatic heterocycles. The summed E-state index contributed by atoms with van der Waals surface area (Å²) in [6.45, 7) is 13.6. The molecule has 0 fully saturated rings. The average Bonchev–Trinajstić information content (AvgIpc) is 3.19. The molecular weight excluding hydrogens is 750 g/mol. The van der Waals surface area contributed by atoms with Gasteiger partial charge in [-0.3, -0.25) is 0 Å². The largest absolute Gasteiger partial charge is 0.458 e. The van der Waals surface area contributed by atoms with Crippen molar-refractivity contribution in [1.82, 2.24) is 0 Å². The van der Waals surface area contributed by atoms with Gasteiger partial charge in [0.15, 0.2) is 0 Å². The highest BCUT2D eigenvalue weighted by atomic mass is 32.2. The van der Waals surface area contributed by atoms with Gasteiger partial charge in [0, 0.05) is 37.8 Å². The maximum Gasteiger partial charge on any atom is 0.253 e. The molecule has 0 radical (unpaired) electrons. The summed E-state index contributed by atoms with van der Waals surface area (Å²) >= 11 is 3.62. The van der Waals surface area contributed by atoms with Crippen LogP contribution in [0.5, 0.6) is 46.0 Å². The van der Waals surface area contributed by atoms with Crippen LogP contribution in [0, 0.1) is 0 Å². The van der Waals surface area contributed by atoms with Crippen molar-refractivity contribution in [3.63, 3.8) is 0 Å². The van der Waals surface area contributed by atoms with E-state index >= 15 is 0 Å². The third-order valence-corrected chi connectivity index (χ3v) is 14.0. The second-order valence-corrected chi connectivity index (χ2v) is 19.9. The molecule has 0 aromatic heterocycles. The summed E-state index contributed by atoms with van der Waals surface area (Å²) in [4.78, 5) is 4.84. The van der Waals surface area contributed by atoms with Crippen molar-refractivity contribution in [3.8, 4) is 46.0 Å². The van der Waals surface area contributed by atoms with Crippen LogP contribution in [0.15, 0.2) is 153 Å². The maximum absolute atomic E-state index is 6.98. The lowest BCUT2D eigenvalue weighted by Crippen LogP contribution is -2.62. The van der Waals surface area contributed by atoms with E-state index < -0.39 is 0 Å². The lowest BCUT2D eigenvalue weighted by atomic mass is 9.32. The van der Waals surface area contributed by atoms with Crippen LogP contribution in [0.25, 0.3) is 0 Å². The van der Waals surface area contributed by atoms with E-state index in [4.69, 9.17) is 18.9 Å². The fourth-order valence-electron chi connectivity index (χ4n) is 8.74. The normalized spacial score (nSPS) is 14.1. The van der Waals surface area contributed by atoms with Crippen molar-refractivity contribution in [1.29, 1.82) is 0 Å². The Kier molecular flexibility index (Phi) is 8.03. The van der Waals surface area contributed by atoms with Crippen LogP contribution < -0.4 is 51.7 Å². The van der Waals surface area contributed by atoms with E-state index in [1.165, 1.54) is 42.8 Å². The summed E-state index contributed by atoms with van der Waals surface area (Å²) < 4.78 is 26.9. The molecule has 0 atom stereocenters. The first-order chi connectivity index (χ1) is 27.9. The molecule has 0 saturated carbocycles. The van der Waals surface area contributed by atoms with E-state index in [0.717, 1.165) is 66.7 Å². The van der Waals surface area contributed by atoms with Crippen molar-refractivity contribution < 1.29 is 18.9 Å². The molecule has 4 aliphatic rings. The monoisotopic (exact) mass is 790 g/mol. The van der Waals surface area contributed by atoms with Gasteiger partial charge in [-0.15, -0.1) is 0 Å². The fourth-order valence-corrected chi connectivity index (χ4v) is 11.2. The highest BCUT2D eigenvalue weighted by molar-refractivity contribution is 8.00. The lowest BCUT2D eigenvalue weighted by Gasteiger charge is -2.37. The molecule has 11 rings (SSSR count). The summed E-state index contributed by atoms with van der Waals surface area (Å²) in [5.41, 5.74) is 9.92. The molecule has 0 N–H and O–H groups in total. The Morgan fingerprint density at radius 2 is 0.828 bits per heavy atom. The third-order valence-electron chi connectivity index (χ3n) is 11.7. The minimum Gasteiger partial charge on any atom is -0.458 e. The number of rotatable bonds is 4. The van der Waals surface area contributed by atoms with Gasteiger partial charge in [0.25, 0.3) is 13.4 Å². The number of ether oxygens (including phenoxy) is 4. The molecule has 0 unspecified atom stereocenters. The Morgan fingerprint density at radius 3 is 1.24 bits per heavy atom. The van der Waals surface area contributed by atoms with Gasteiger partial charge in [-0.2, -0.15) is 0 Å². The Labute approximate surface area is 349 Å². The second-order valence-electron chi connectivity index (χ2n) is 17.7. The maximum atomic E-state index is 6.98. The van der Waals surface area contributed by atoms with Gasteiger partial charge in [0.05, 0.1) is 0 Å². The van der Waals surface area contributed by atoms with Crippen LogP contribution in [0.1, 0.15) is 52.7 Å². The Bertz CT molecular complexity index is 2640. The van der Waals surface area contributed by atoms with Crippen LogP contribution in [-0.2, 0) is 10.8 Å². The van der Waals surface area contributed by atoms with Gasteiger partial charge >= 0.3 is 0 Å². The quantitative estimate of drug-likeness (QED) is 0.165. The molecular formula is C50H40B2O4S2. The first-order valence-electron chi connectivity index (χ1n) is 19.9. The molecule has 0 aliphatic carbocycles. The van der Waals surface area contributed by atoms with E-state index in [-0.39, 0.29) is 24.3 Å². The summed E-state index contributed by atoms with van der Waals surface area (Å²) in [6, 6.07) is 47.0. The first-order valence-corrected chi connectivity index (χ1v) is 21.6. The Morgan fingerprint density at radius 1 is 0.397 bits per heavy atom. The van der Waals surface area contributed by atoms with Crippen LogP contribution in [0.2, 0.25) is 0 Å². The molecule has 0 bridgehead atoms. The van der Waals surface area contributed by atoms with Gasteiger partial charge in [-0.25, -0.2) is 0 Å². The molecule has 4 nitrogen and oxygen atoms in total. The molecule has 0 saturated heterocycles. The summed E-state index contributed by atoms with van der Waals surface area (Å²) in [7, 11) is 0. The number of benzene rings is 7. The van der Waals surface area contributed by atoms with Gasteiger partial charge in [-0.1, -0.05) is 143 Å². The molecule has 282 valence electrons. The van der Waals surface area contributed by atoms with Crippen LogP contribution in [0.4, 0.5) is 0 Å². The zero-order valence-electron chi connectivity index (χ0n) is 33.3. The van der Waals surface area contributed by atoms with Crippen LogP contribution >= 0.6 is 23.5 Å². The summed E-state index contributed by atoms with van der Waals surface area (Å²) in [6.07, 6.45) is 0. The SMILES string of the molecule is CC(C)(C)c1ccc2c(c1)Sc1cc(Oc3ccccc3)cc3c1B2c1cc2c(cc1O3)Oc1cc(Oc3ccccc3)cc3c1B2c1ccc(C(C)(C)C)cc1S3. The summed E-state index contributed by atoms with van der Waals surface area (Å²) in [5, 5.41) is 0. The van der Waals surface area contributed by atoms with Crippen molar-refractivity contribution in [2.75, 3.05) is 0 Å². The van der Waals surface area contributed by atoms with Gasteiger partial charge in [-0.05, 0) is 92.3 Å². The van der Waals surface area contributed by atoms with E-state index in [2.05, 4.69) is 102 Å². The topological polar surface area (TPSA) is 36.9 Å². The van der Waals surface area contributed by atoms with Crippen molar-refractivity contribution in [2.45, 2.75) is 72.0 Å². The highest BCUT2D eigenvalue weighted by Crippen LogP contribution is 2.45. The first kappa shape index (κ1) is 35.7. The highest BCUT2D eigenvalue weighted by Gasteiger charge is 2.45. The fraction of sp³-hybridized carbons (Fsp3) is 0.160. The molecule has 4 heterocycles. The zero-order chi connectivity index (χ0) is 39.5. The number of fused-ring (bicyclic) bond motifs is 8. The predicted octanol–water partition coefficient (Wildman–Crippen LogP) is 10.0. The van der Waals surface area contributed by atoms with Crippen LogP contribution in [0.3, 0.4) is 0 Å².